The Kier molecular flexibility index (Phi) is 9.44. The third kappa shape index (κ3) is 7.12. The van der Waals surface area contributed by atoms with Crippen molar-refractivity contribution < 1.29 is 19.4 Å². The first-order valence-corrected chi connectivity index (χ1v) is 13.1. The molecule has 2 aliphatic rings. The van der Waals surface area contributed by atoms with Crippen LogP contribution in [-0.4, -0.2) is 99.0 Å². The van der Waals surface area contributed by atoms with Gasteiger partial charge in [-0.1, -0.05) is 13.0 Å². The lowest BCUT2D eigenvalue weighted by molar-refractivity contribution is 0.0643. The topological polar surface area (TPSA) is 77.5 Å². The molecular weight excluding hydrogens is 456 g/mol. The first-order valence-electron chi connectivity index (χ1n) is 13.1. The predicted octanol–water partition coefficient (Wildman–Crippen LogP) is 2.47. The number of aliphatic hydroxyl groups excluding tert-OH is 1. The van der Waals surface area contributed by atoms with Crippen LogP contribution in [0.25, 0.3) is 0 Å². The summed E-state index contributed by atoms with van der Waals surface area (Å²) in [5.74, 6) is 1.56. The van der Waals surface area contributed by atoms with Gasteiger partial charge in [0.15, 0.2) is 0 Å². The van der Waals surface area contributed by atoms with Crippen molar-refractivity contribution in [2.24, 2.45) is 0 Å². The van der Waals surface area contributed by atoms with E-state index in [-0.39, 0.29) is 12.5 Å². The number of piperidine rings is 1. The molecule has 0 spiro atoms. The van der Waals surface area contributed by atoms with Crippen molar-refractivity contribution in [3.8, 4) is 11.5 Å². The lowest BCUT2D eigenvalue weighted by atomic mass is 10.0. The highest BCUT2D eigenvalue weighted by Gasteiger charge is 2.23. The Morgan fingerprint density at radius 3 is 2.39 bits per heavy atom. The molecule has 1 atom stereocenters. The molecule has 0 aliphatic carbocycles. The zero-order valence-corrected chi connectivity index (χ0v) is 21.6. The van der Waals surface area contributed by atoms with Crippen LogP contribution in [0.1, 0.15) is 30.1 Å². The maximum atomic E-state index is 12.9. The van der Waals surface area contributed by atoms with Crippen LogP contribution >= 0.6 is 0 Å². The van der Waals surface area contributed by atoms with Gasteiger partial charge in [0.05, 0.1) is 7.11 Å². The lowest BCUT2D eigenvalue weighted by Gasteiger charge is -2.35. The van der Waals surface area contributed by atoms with E-state index in [9.17, 15) is 9.90 Å². The van der Waals surface area contributed by atoms with E-state index in [1.165, 1.54) is 0 Å². The minimum atomic E-state index is -0.579. The number of hydrogen-bond acceptors (Lipinski definition) is 7. The molecule has 8 heteroatoms. The summed E-state index contributed by atoms with van der Waals surface area (Å²) in [6, 6.07) is 15.8. The monoisotopic (exact) mass is 496 g/mol. The highest BCUT2D eigenvalue weighted by atomic mass is 16.5. The van der Waals surface area contributed by atoms with Crippen molar-refractivity contribution in [2.45, 2.75) is 31.9 Å². The van der Waals surface area contributed by atoms with Gasteiger partial charge in [-0.3, -0.25) is 4.79 Å². The molecule has 2 N–H and O–H groups in total. The van der Waals surface area contributed by atoms with Crippen LogP contribution in [0.5, 0.6) is 11.5 Å². The van der Waals surface area contributed by atoms with Gasteiger partial charge in [-0.25, -0.2) is 0 Å². The third-order valence-corrected chi connectivity index (χ3v) is 7.21. The zero-order chi connectivity index (χ0) is 25.3. The lowest BCUT2D eigenvalue weighted by Crippen LogP contribution is -2.48. The van der Waals surface area contributed by atoms with Crippen LogP contribution in [0.15, 0.2) is 48.5 Å². The van der Waals surface area contributed by atoms with E-state index < -0.39 is 6.10 Å². The smallest absolute Gasteiger partial charge is 0.253 e. The summed E-state index contributed by atoms with van der Waals surface area (Å²) < 4.78 is 10.9. The number of anilines is 1. The quantitative estimate of drug-likeness (QED) is 0.523. The molecule has 0 aromatic heterocycles. The number of ether oxygens (including phenoxy) is 2. The fraction of sp³-hybridized carbons (Fsp3) is 0.536. The Bertz CT molecular complexity index is 954. The van der Waals surface area contributed by atoms with Crippen molar-refractivity contribution in [3.05, 3.63) is 54.1 Å². The van der Waals surface area contributed by atoms with Gasteiger partial charge in [0, 0.05) is 69.2 Å². The van der Waals surface area contributed by atoms with E-state index in [0.29, 0.717) is 18.3 Å². The Hall–Kier alpha value is -2.81. The van der Waals surface area contributed by atoms with E-state index >= 15 is 0 Å². The van der Waals surface area contributed by atoms with E-state index in [0.717, 1.165) is 75.7 Å². The van der Waals surface area contributed by atoms with Gasteiger partial charge < -0.3 is 34.6 Å². The van der Waals surface area contributed by atoms with Crippen LogP contribution in [-0.2, 0) is 0 Å². The van der Waals surface area contributed by atoms with Gasteiger partial charge in [0.25, 0.3) is 5.91 Å². The number of methoxy groups -OCH3 is 1. The fourth-order valence-electron chi connectivity index (χ4n) is 4.85. The Labute approximate surface area is 214 Å². The number of piperazine rings is 1. The number of carbonyl (C=O) groups excluding carboxylic acids is 1. The number of hydrogen-bond donors (Lipinski definition) is 2. The highest BCUT2D eigenvalue weighted by Crippen LogP contribution is 2.22. The average molecular weight is 497 g/mol. The molecule has 8 nitrogen and oxygen atoms in total. The number of carbonyl (C=O) groups is 1. The van der Waals surface area contributed by atoms with Crippen LogP contribution in [0.2, 0.25) is 0 Å². The molecule has 0 unspecified atom stereocenters. The second-order valence-corrected chi connectivity index (χ2v) is 9.59. The summed E-state index contributed by atoms with van der Waals surface area (Å²) >= 11 is 0. The Morgan fingerprint density at radius 1 is 1.03 bits per heavy atom. The van der Waals surface area contributed by atoms with Crippen molar-refractivity contribution in [1.29, 1.82) is 0 Å². The number of benzene rings is 2. The maximum absolute atomic E-state index is 12.9. The van der Waals surface area contributed by atoms with Crippen LogP contribution in [0, 0.1) is 0 Å². The molecule has 2 aromatic rings. The molecule has 0 saturated carbocycles. The second kappa shape index (κ2) is 12.9. The number of nitrogens with one attached hydrogen (secondary N) is 1. The number of aliphatic hydroxyl groups is 1. The summed E-state index contributed by atoms with van der Waals surface area (Å²) in [4.78, 5) is 19.6. The summed E-state index contributed by atoms with van der Waals surface area (Å²) in [6.07, 6.45) is 1.43. The molecule has 2 aliphatic heterocycles. The van der Waals surface area contributed by atoms with E-state index in [4.69, 9.17) is 9.47 Å². The van der Waals surface area contributed by atoms with Gasteiger partial charge in [0.2, 0.25) is 0 Å². The van der Waals surface area contributed by atoms with Crippen molar-refractivity contribution in [2.75, 3.05) is 71.0 Å². The number of rotatable bonds is 10. The highest BCUT2D eigenvalue weighted by molar-refractivity contribution is 5.94. The molecule has 36 heavy (non-hydrogen) atoms. The molecule has 196 valence electrons. The molecule has 4 rings (SSSR count). The molecule has 2 fully saturated rings. The van der Waals surface area contributed by atoms with E-state index in [1.54, 1.807) is 7.11 Å². The van der Waals surface area contributed by atoms with Crippen molar-refractivity contribution in [3.63, 3.8) is 0 Å². The van der Waals surface area contributed by atoms with Gasteiger partial charge >= 0.3 is 0 Å². The standard InChI is InChI=1S/C28H40N4O4/c1-3-30-15-17-32(18-16-30)28(34)22-7-9-24(10-8-22)31-13-11-23(12-14-31)29-20-25(33)21-36-27-6-4-5-26(19-27)35-2/h4-10,19,23,25,29,33H,3,11-18,20-21H2,1-2H3/t25-/m1/s1. The van der Waals surface area contributed by atoms with Crippen molar-refractivity contribution >= 4 is 11.6 Å². The van der Waals surface area contributed by atoms with Crippen LogP contribution in [0.4, 0.5) is 5.69 Å². The summed E-state index contributed by atoms with van der Waals surface area (Å²) in [7, 11) is 1.62. The van der Waals surface area contributed by atoms with Crippen LogP contribution in [0.3, 0.4) is 0 Å². The largest absolute Gasteiger partial charge is 0.497 e. The first kappa shape index (κ1) is 26.3. The van der Waals surface area contributed by atoms with Crippen molar-refractivity contribution in [1.82, 2.24) is 15.1 Å². The van der Waals surface area contributed by atoms with Crippen LogP contribution < -0.4 is 19.7 Å². The SMILES string of the molecule is CCN1CCN(C(=O)c2ccc(N3CCC(NC[C@@H](O)COc4cccc(OC)c4)CC3)cc2)CC1. The minimum absolute atomic E-state index is 0.133. The predicted molar refractivity (Wildman–Crippen MR) is 142 cm³/mol. The summed E-state index contributed by atoms with van der Waals surface area (Å²) in [5.41, 5.74) is 1.93. The number of nitrogens with zero attached hydrogens (tertiary/aromatic N) is 3. The van der Waals surface area contributed by atoms with E-state index in [2.05, 4.69) is 34.2 Å². The molecule has 2 heterocycles. The zero-order valence-electron chi connectivity index (χ0n) is 21.6. The minimum Gasteiger partial charge on any atom is -0.497 e. The maximum Gasteiger partial charge on any atom is 0.253 e. The molecule has 2 saturated heterocycles. The molecule has 0 radical (unpaired) electrons. The van der Waals surface area contributed by atoms with E-state index in [1.807, 2.05) is 41.3 Å². The summed E-state index contributed by atoms with van der Waals surface area (Å²) in [5, 5.41) is 13.8. The van der Waals surface area contributed by atoms with Gasteiger partial charge in [0.1, 0.15) is 24.2 Å². The molecule has 1 amide bonds. The number of likely N-dealkylation sites (N-methyl/N-ethyl adjacent to an activating group) is 1. The third-order valence-electron chi connectivity index (χ3n) is 7.21. The fourth-order valence-corrected chi connectivity index (χ4v) is 4.85. The molecular formula is C28H40N4O4. The Balaban J connectivity index is 1.16. The van der Waals surface area contributed by atoms with Gasteiger partial charge in [-0.15, -0.1) is 0 Å². The number of amides is 1. The van der Waals surface area contributed by atoms with Gasteiger partial charge in [-0.2, -0.15) is 0 Å². The normalized spacial score (nSPS) is 18.2. The first-order chi connectivity index (χ1) is 17.6. The second-order valence-electron chi connectivity index (χ2n) is 9.59. The van der Waals surface area contributed by atoms with Gasteiger partial charge in [-0.05, 0) is 55.8 Å². The Morgan fingerprint density at radius 2 is 1.72 bits per heavy atom. The summed E-state index contributed by atoms with van der Waals surface area (Å²) in [6.45, 7) is 9.34. The molecule has 0 bridgehead atoms. The average Bonchev–Trinajstić information content (AvgIpc) is 2.95. The molecule has 2 aromatic carbocycles.